The highest BCUT2D eigenvalue weighted by Gasteiger charge is 2.18. The van der Waals surface area contributed by atoms with Crippen molar-refractivity contribution in [2.24, 2.45) is 0 Å². The molecule has 0 nitrogen and oxygen atoms in total. The summed E-state index contributed by atoms with van der Waals surface area (Å²) in [5.74, 6) is 0. The van der Waals surface area contributed by atoms with Crippen LogP contribution in [0.2, 0.25) is 0 Å². The van der Waals surface area contributed by atoms with Crippen LogP contribution in [0.15, 0.2) is 48.6 Å². The molecule has 0 N–H and O–H groups in total. The maximum atomic E-state index is 4.40. The predicted molar refractivity (Wildman–Crippen MR) is 68.9 cm³/mol. The Balaban J connectivity index is 2.25. The lowest BCUT2D eigenvalue weighted by Crippen LogP contribution is -2.10. The Hall–Kier alpha value is -0.600. The van der Waals surface area contributed by atoms with Crippen LogP contribution in [0.25, 0.3) is 5.57 Å². The number of rotatable bonds is 1. The van der Waals surface area contributed by atoms with E-state index < -0.39 is 0 Å². The van der Waals surface area contributed by atoms with Gasteiger partial charge in [0.2, 0.25) is 0 Å². The van der Waals surface area contributed by atoms with Crippen LogP contribution in [-0.4, -0.2) is 4.08 Å². The summed E-state index contributed by atoms with van der Waals surface area (Å²) < 4.78 is -0.279. The third-order valence-corrected chi connectivity index (χ3v) is 2.92. The van der Waals surface area contributed by atoms with Crippen LogP contribution in [0.3, 0.4) is 0 Å². The van der Waals surface area contributed by atoms with Crippen LogP contribution < -0.4 is 0 Å². The number of benzene rings is 1. The van der Waals surface area contributed by atoms with Crippen molar-refractivity contribution in [1.29, 1.82) is 0 Å². The summed E-state index contributed by atoms with van der Waals surface area (Å²) in [5.41, 5.74) is 2.50. The highest BCUT2D eigenvalue weighted by Crippen LogP contribution is 2.33. The largest absolute Gasteiger partial charge is 0.157 e. The minimum absolute atomic E-state index is 0.279. The molecule has 0 aliphatic heterocycles. The Kier molecular flexibility index (Phi) is 2.75. The van der Waals surface area contributed by atoms with E-state index in [1.165, 1.54) is 11.1 Å². The molecule has 2 rings (SSSR count). The minimum Gasteiger partial charge on any atom is -0.157 e. The van der Waals surface area contributed by atoms with E-state index in [9.17, 15) is 0 Å². The fraction of sp³-hybridized carbons (Fsp3) is 0.167. The Labute approximate surface area is 95.5 Å². The summed E-state index contributed by atoms with van der Waals surface area (Å²) >= 11 is 8.81. The molecule has 0 radical (unpaired) electrons. The molecule has 14 heavy (non-hydrogen) atoms. The normalized spacial score (nSPS) is 19.1. The molecule has 1 aliphatic carbocycles. The fourth-order valence-corrected chi connectivity index (χ4v) is 1.80. The van der Waals surface area contributed by atoms with Gasteiger partial charge in [0.15, 0.2) is 0 Å². The van der Waals surface area contributed by atoms with Crippen LogP contribution in [-0.2, 0) is 0 Å². The molecular formula is C12H12S2. The standard InChI is InChI=1S/C12H12S2/c13-12(14)8-6-11(7-9-12)10-4-2-1-3-5-10/h1-8,13-14H,9H2. The second kappa shape index (κ2) is 3.87. The molecule has 72 valence electrons. The van der Waals surface area contributed by atoms with Crippen molar-refractivity contribution in [3.8, 4) is 0 Å². The Morgan fingerprint density at radius 2 is 1.79 bits per heavy atom. The van der Waals surface area contributed by atoms with E-state index in [1.807, 2.05) is 24.3 Å². The highest BCUT2D eigenvalue weighted by atomic mass is 32.2. The van der Waals surface area contributed by atoms with Crippen molar-refractivity contribution in [2.75, 3.05) is 0 Å². The average Bonchev–Trinajstić information content (AvgIpc) is 2.19. The monoisotopic (exact) mass is 220 g/mol. The zero-order valence-electron chi connectivity index (χ0n) is 7.72. The maximum Gasteiger partial charge on any atom is 0.0770 e. The zero-order chi connectivity index (χ0) is 10.0. The van der Waals surface area contributed by atoms with Gasteiger partial charge in [-0.3, -0.25) is 0 Å². The zero-order valence-corrected chi connectivity index (χ0v) is 9.51. The van der Waals surface area contributed by atoms with Gasteiger partial charge in [0.1, 0.15) is 0 Å². The van der Waals surface area contributed by atoms with Gasteiger partial charge in [-0.05, 0) is 17.6 Å². The van der Waals surface area contributed by atoms with E-state index in [0.717, 1.165) is 6.42 Å². The first-order valence-electron chi connectivity index (χ1n) is 4.57. The second-order valence-corrected chi connectivity index (χ2v) is 5.39. The molecule has 0 bridgehead atoms. The van der Waals surface area contributed by atoms with E-state index in [1.54, 1.807) is 0 Å². The van der Waals surface area contributed by atoms with Gasteiger partial charge in [-0.15, -0.1) is 0 Å². The van der Waals surface area contributed by atoms with Crippen molar-refractivity contribution < 1.29 is 0 Å². The lowest BCUT2D eigenvalue weighted by molar-refractivity contribution is 1.01. The molecule has 1 aromatic carbocycles. The van der Waals surface area contributed by atoms with Gasteiger partial charge in [-0.25, -0.2) is 0 Å². The van der Waals surface area contributed by atoms with Crippen LogP contribution in [0.1, 0.15) is 12.0 Å². The third-order valence-electron chi connectivity index (χ3n) is 2.26. The highest BCUT2D eigenvalue weighted by molar-refractivity contribution is 8.00. The predicted octanol–water partition coefficient (Wildman–Crippen LogP) is 3.59. The van der Waals surface area contributed by atoms with Crippen molar-refractivity contribution in [3.05, 3.63) is 54.1 Å². The van der Waals surface area contributed by atoms with Crippen LogP contribution in [0.5, 0.6) is 0 Å². The van der Waals surface area contributed by atoms with Gasteiger partial charge >= 0.3 is 0 Å². The third kappa shape index (κ3) is 2.25. The number of allylic oxidation sites excluding steroid dienone is 3. The van der Waals surface area contributed by atoms with Crippen LogP contribution in [0, 0.1) is 0 Å². The van der Waals surface area contributed by atoms with Gasteiger partial charge in [0, 0.05) is 0 Å². The molecule has 0 heterocycles. The first-order valence-corrected chi connectivity index (χ1v) is 5.46. The maximum absolute atomic E-state index is 4.40. The summed E-state index contributed by atoms with van der Waals surface area (Å²) in [6.07, 6.45) is 7.15. The Morgan fingerprint density at radius 3 is 2.36 bits per heavy atom. The summed E-state index contributed by atoms with van der Waals surface area (Å²) in [6, 6.07) is 10.3. The molecule has 2 heteroatoms. The first-order chi connectivity index (χ1) is 6.67. The molecular weight excluding hydrogens is 208 g/mol. The number of hydrogen-bond acceptors (Lipinski definition) is 2. The molecule has 0 fully saturated rings. The van der Waals surface area contributed by atoms with E-state index in [-0.39, 0.29) is 4.08 Å². The first kappa shape index (κ1) is 9.94. The summed E-state index contributed by atoms with van der Waals surface area (Å²) in [7, 11) is 0. The van der Waals surface area contributed by atoms with Crippen molar-refractivity contribution in [2.45, 2.75) is 10.5 Å². The van der Waals surface area contributed by atoms with Crippen LogP contribution in [0.4, 0.5) is 0 Å². The topological polar surface area (TPSA) is 0 Å². The molecule has 0 spiro atoms. The van der Waals surface area contributed by atoms with E-state index >= 15 is 0 Å². The number of thiol groups is 2. The van der Waals surface area contributed by atoms with Crippen LogP contribution >= 0.6 is 25.3 Å². The molecule has 0 amide bonds. The van der Waals surface area contributed by atoms with E-state index in [4.69, 9.17) is 0 Å². The van der Waals surface area contributed by atoms with Gasteiger partial charge in [0.25, 0.3) is 0 Å². The minimum atomic E-state index is -0.279. The molecule has 0 saturated carbocycles. The van der Waals surface area contributed by atoms with E-state index in [0.29, 0.717) is 0 Å². The molecule has 1 aromatic rings. The van der Waals surface area contributed by atoms with Gasteiger partial charge in [-0.1, -0.05) is 48.6 Å². The van der Waals surface area contributed by atoms with E-state index in [2.05, 4.69) is 49.5 Å². The SMILES string of the molecule is SC1(S)C=CC(c2ccccc2)=CC1. The fourth-order valence-electron chi connectivity index (χ4n) is 1.46. The summed E-state index contributed by atoms with van der Waals surface area (Å²) in [6.45, 7) is 0. The molecule has 0 aromatic heterocycles. The molecule has 0 atom stereocenters. The molecule has 0 saturated heterocycles. The lowest BCUT2D eigenvalue weighted by Gasteiger charge is -2.20. The summed E-state index contributed by atoms with van der Waals surface area (Å²) in [4.78, 5) is 0. The van der Waals surface area contributed by atoms with Crippen molar-refractivity contribution >= 4 is 30.8 Å². The summed E-state index contributed by atoms with van der Waals surface area (Å²) in [5, 5.41) is 0. The quantitative estimate of drug-likeness (QED) is 0.524. The van der Waals surface area contributed by atoms with Crippen molar-refractivity contribution in [1.82, 2.24) is 0 Å². The average molecular weight is 220 g/mol. The molecule has 0 unspecified atom stereocenters. The Bertz CT molecular complexity index is 375. The Morgan fingerprint density at radius 1 is 1.07 bits per heavy atom. The lowest BCUT2D eigenvalue weighted by atomic mass is 9.99. The van der Waals surface area contributed by atoms with Gasteiger partial charge < -0.3 is 0 Å². The second-order valence-electron chi connectivity index (χ2n) is 3.44. The van der Waals surface area contributed by atoms with Gasteiger partial charge in [0.05, 0.1) is 4.08 Å². The smallest absolute Gasteiger partial charge is 0.0770 e. The molecule has 1 aliphatic rings. The van der Waals surface area contributed by atoms with Crippen molar-refractivity contribution in [3.63, 3.8) is 0 Å². The number of hydrogen-bond donors (Lipinski definition) is 2. The van der Waals surface area contributed by atoms with Gasteiger partial charge in [-0.2, -0.15) is 25.3 Å².